The smallest absolute Gasteiger partial charge is 0.459 e. The average molecular weight is 605 g/mol. The Bertz CT molecular complexity index is 1580. The quantitative estimate of drug-likeness (QED) is 0.239. The third kappa shape index (κ3) is 5.10. The number of hydrogen-bond acceptors (Lipinski definition) is 12. The molecule has 6 rings (SSSR count). The zero-order chi connectivity index (χ0) is 29.7. The van der Waals surface area contributed by atoms with Gasteiger partial charge in [-0.05, 0) is 38.8 Å². The molecular formula is C26H33N6O9P. The summed E-state index contributed by atoms with van der Waals surface area (Å²) in [6.07, 6.45) is 2.38. The van der Waals surface area contributed by atoms with Crippen LogP contribution in [0.15, 0.2) is 41.5 Å². The number of nitrogens with zero attached hydrogens (tertiary/aromatic N) is 3. The Morgan fingerprint density at radius 1 is 1.31 bits per heavy atom. The van der Waals surface area contributed by atoms with Gasteiger partial charge in [-0.2, -0.15) is 10.1 Å². The van der Waals surface area contributed by atoms with Gasteiger partial charge in [-0.1, -0.05) is 18.2 Å². The minimum absolute atomic E-state index is 0.0745. The number of nitrogens with two attached hydrogens (primary N) is 1. The van der Waals surface area contributed by atoms with E-state index in [0.29, 0.717) is 12.8 Å². The monoisotopic (exact) mass is 604 g/mol. The van der Waals surface area contributed by atoms with Crippen LogP contribution in [0.5, 0.6) is 5.75 Å². The van der Waals surface area contributed by atoms with Gasteiger partial charge in [-0.25, -0.2) is 9.55 Å². The number of imidazole rings is 1. The van der Waals surface area contributed by atoms with Crippen molar-refractivity contribution in [2.24, 2.45) is 0 Å². The van der Waals surface area contributed by atoms with Crippen LogP contribution in [0.1, 0.15) is 45.8 Å². The van der Waals surface area contributed by atoms with Gasteiger partial charge in [0.25, 0.3) is 5.56 Å². The summed E-state index contributed by atoms with van der Waals surface area (Å²) >= 11 is 0. The van der Waals surface area contributed by atoms with Crippen LogP contribution in [-0.4, -0.2) is 68.8 Å². The molecule has 0 bridgehead atoms. The van der Waals surface area contributed by atoms with E-state index in [0.717, 1.165) is 12.8 Å². The van der Waals surface area contributed by atoms with Crippen LogP contribution in [0.4, 0.5) is 5.95 Å². The first-order valence-corrected chi connectivity index (χ1v) is 15.2. The molecular weight excluding hydrogens is 571 g/mol. The highest BCUT2D eigenvalue weighted by Gasteiger charge is 2.67. The van der Waals surface area contributed by atoms with Gasteiger partial charge in [0.15, 0.2) is 23.2 Å². The molecule has 15 nitrogen and oxygen atoms in total. The molecule has 1 aliphatic carbocycles. The maximum absolute atomic E-state index is 14.0. The number of methoxy groups -OCH3 is 1. The molecule has 4 heterocycles. The van der Waals surface area contributed by atoms with Crippen molar-refractivity contribution in [1.82, 2.24) is 24.6 Å². The van der Waals surface area contributed by atoms with Crippen LogP contribution < -0.4 is 20.9 Å². The summed E-state index contributed by atoms with van der Waals surface area (Å²) in [5, 5.41) is 2.64. The lowest BCUT2D eigenvalue weighted by Crippen LogP contribution is -2.42. The summed E-state index contributed by atoms with van der Waals surface area (Å²) in [5.74, 6) is -1.27. The molecule has 0 amide bonds. The largest absolute Gasteiger partial charge is 0.468 e. The summed E-state index contributed by atoms with van der Waals surface area (Å²) in [6, 6.07) is 7.43. The van der Waals surface area contributed by atoms with Crippen molar-refractivity contribution in [1.29, 1.82) is 0 Å². The average Bonchev–Trinajstić information content (AvgIpc) is 3.70. The molecule has 3 aromatic rings. The summed E-state index contributed by atoms with van der Waals surface area (Å²) < 4.78 is 51.7. The van der Waals surface area contributed by atoms with Gasteiger partial charge in [0.05, 0.1) is 20.0 Å². The van der Waals surface area contributed by atoms with Crippen molar-refractivity contribution in [3.8, 4) is 5.75 Å². The number of para-hydroxylation sites is 1. The fourth-order valence-electron chi connectivity index (χ4n) is 5.90. The molecule has 1 spiro atoms. The molecule has 226 valence electrons. The van der Waals surface area contributed by atoms with Crippen LogP contribution in [0.25, 0.3) is 11.2 Å². The maximum Gasteiger partial charge on any atom is 0.459 e. The zero-order valence-corrected chi connectivity index (χ0v) is 24.2. The lowest BCUT2D eigenvalue weighted by molar-refractivity contribution is -0.231. The van der Waals surface area contributed by atoms with Gasteiger partial charge < -0.3 is 29.2 Å². The number of carbonyl (C=O) groups is 1. The van der Waals surface area contributed by atoms with E-state index in [1.54, 1.807) is 34.9 Å². The summed E-state index contributed by atoms with van der Waals surface area (Å²) in [6.45, 7) is 3.08. The van der Waals surface area contributed by atoms with Gasteiger partial charge in [0, 0.05) is 12.8 Å². The lowest BCUT2D eigenvalue weighted by atomic mass is 9.96. The molecule has 3 aliphatic rings. The Labute approximate surface area is 240 Å². The van der Waals surface area contributed by atoms with Crippen molar-refractivity contribution in [3.63, 3.8) is 0 Å². The third-order valence-electron chi connectivity index (χ3n) is 7.80. The normalized spacial score (nSPS) is 28.5. The molecule has 16 heteroatoms. The van der Waals surface area contributed by atoms with E-state index < -0.39 is 55.1 Å². The van der Waals surface area contributed by atoms with Gasteiger partial charge >= 0.3 is 13.7 Å². The molecule has 2 aromatic heterocycles. The maximum atomic E-state index is 14.0. The first kappa shape index (κ1) is 28.8. The Hall–Kier alpha value is -3.33. The third-order valence-corrected chi connectivity index (χ3v) is 9.44. The first-order chi connectivity index (χ1) is 20.0. The van der Waals surface area contributed by atoms with Crippen LogP contribution in [0.2, 0.25) is 0 Å². The molecule has 0 radical (unpaired) electrons. The summed E-state index contributed by atoms with van der Waals surface area (Å²) in [5.41, 5.74) is 4.58. The molecule has 2 aliphatic heterocycles. The minimum Gasteiger partial charge on any atom is -0.468 e. The second-order valence-corrected chi connectivity index (χ2v) is 12.5. The zero-order valence-electron chi connectivity index (χ0n) is 23.3. The molecule has 42 heavy (non-hydrogen) atoms. The summed E-state index contributed by atoms with van der Waals surface area (Å²) in [4.78, 5) is 35.6. The first-order valence-electron chi connectivity index (χ1n) is 13.7. The molecule has 1 saturated carbocycles. The number of hydrogen-bond donors (Lipinski definition) is 3. The van der Waals surface area contributed by atoms with Crippen molar-refractivity contribution in [3.05, 3.63) is 47.0 Å². The van der Waals surface area contributed by atoms with Gasteiger partial charge in [0.2, 0.25) is 5.95 Å². The number of aromatic amines is 1. The van der Waals surface area contributed by atoms with Crippen molar-refractivity contribution in [2.75, 3.05) is 19.5 Å². The van der Waals surface area contributed by atoms with E-state index in [4.69, 9.17) is 33.7 Å². The number of aromatic nitrogens is 4. The van der Waals surface area contributed by atoms with Crippen LogP contribution >= 0.6 is 7.75 Å². The van der Waals surface area contributed by atoms with E-state index >= 15 is 0 Å². The molecule has 6 atom stereocenters. The number of ether oxygens (including phenoxy) is 4. The predicted molar refractivity (Wildman–Crippen MR) is 147 cm³/mol. The number of nitrogens with one attached hydrogen (secondary N) is 2. The van der Waals surface area contributed by atoms with Crippen LogP contribution in [-0.2, 0) is 32.8 Å². The lowest BCUT2D eigenvalue weighted by Gasteiger charge is -2.31. The Kier molecular flexibility index (Phi) is 7.36. The SMILES string of the molecule is COC(=O)[C@H](C)NP(=O)(OC[C@H]1OC(n2cnc3c(=O)[nH]c(N)nc32)C2(C)OC3(CCCC3)OC12)Oc1ccccc1. The standard InChI is InChI=1S/C26H33N6O9P/c1-15(22(34)36-3)31-42(35,40-16-9-5-4-6-10-16)37-13-17-19-25(2,41-26(39-19)11-7-8-12-26)23(38-17)32-14-28-18-20(32)29-24(27)30-21(18)33/h4-6,9-10,14-15,17,19,23H,7-8,11-13H2,1-3H3,(H,31,35)(H3,27,29,30,33)/t15-,17+,19?,23?,25?,42?/m0/s1. The van der Waals surface area contributed by atoms with E-state index in [-0.39, 0.29) is 29.5 Å². The molecule has 4 N–H and O–H groups in total. The van der Waals surface area contributed by atoms with Gasteiger partial charge in [-0.3, -0.25) is 23.7 Å². The topological polar surface area (TPSA) is 191 Å². The highest BCUT2D eigenvalue weighted by molar-refractivity contribution is 7.52. The number of rotatable bonds is 9. The number of esters is 1. The van der Waals surface area contributed by atoms with Gasteiger partial charge in [-0.15, -0.1) is 0 Å². The second-order valence-electron chi connectivity index (χ2n) is 10.8. The highest BCUT2D eigenvalue weighted by Crippen LogP contribution is 2.56. The number of nitrogen functional groups attached to an aromatic ring is 1. The molecule has 1 aromatic carbocycles. The predicted octanol–water partition coefficient (Wildman–Crippen LogP) is 2.40. The molecule has 2 saturated heterocycles. The summed E-state index contributed by atoms with van der Waals surface area (Å²) in [7, 11) is -2.94. The van der Waals surface area contributed by atoms with Crippen molar-refractivity contribution in [2.45, 2.75) is 75.4 Å². The van der Waals surface area contributed by atoms with E-state index in [1.165, 1.54) is 20.4 Å². The fraction of sp³-hybridized carbons (Fsp3) is 0.538. The highest BCUT2D eigenvalue weighted by atomic mass is 31.2. The van der Waals surface area contributed by atoms with Crippen molar-refractivity contribution >= 4 is 30.8 Å². The Morgan fingerprint density at radius 2 is 2.05 bits per heavy atom. The van der Waals surface area contributed by atoms with E-state index in [1.807, 2.05) is 6.92 Å². The Balaban J connectivity index is 1.31. The molecule has 4 unspecified atom stereocenters. The molecule has 3 fully saturated rings. The number of carbonyl (C=O) groups excluding carboxylic acids is 1. The minimum atomic E-state index is -4.16. The number of benzene rings is 1. The van der Waals surface area contributed by atoms with E-state index in [2.05, 4.69) is 20.0 Å². The van der Waals surface area contributed by atoms with Crippen LogP contribution in [0.3, 0.4) is 0 Å². The number of H-pyrrole nitrogens is 1. The number of fused-ring (bicyclic) bond motifs is 2. The van der Waals surface area contributed by atoms with Crippen molar-refractivity contribution < 1.29 is 37.4 Å². The fourth-order valence-corrected chi connectivity index (χ4v) is 7.41. The van der Waals surface area contributed by atoms with Crippen LogP contribution in [0, 0.1) is 0 Å². The van der Waals surface area contributed by atoms with Gasteiger partial charge in [0.1, 0.15) is 29.6 Å². The second kappa shape index (κ2) is 10.7. The van der Waals surface area contributed by atoms with E-state index in [9.17, 15) is 14.2 Å². The number of anilines is 1. The Morgan fingerprint density at radius 3 is 2.76 bits per heavy atom.